The van der Waals surface area contributed by atoms with Crippen LogP contribution in [0.2, 0.25) is 10.0 Å². The lowest BCUT2D eigenvalue weighted by Crippen LogP contribution is -2.42. The van der Waals surface area contributed by atoms with Gasteiger partial charge in [0.25, 0.3) is 0 Å². The Bertz CT molecular complexity index is 809. The second-order valence-corrected chi connectivity index (χ2v) is 7.31. The predicted molar refractivity (Wildman–Crippen MR) is 88.4 cm³/mol. The van der Waals surface area contributed by atoms with Gasteiger partial charge in [-0.3, -0.25) is 4.79 Å². The molecule has 0 aromatic heterocycles. The summed E-state index contributed by atoms with van der Waals surface area (Å²) < 4.78 is 26.8. The van der Waals surface area contributed by atoms with Crippen LogP contribution in [0.15, 0.2) is 53.4 Å². The van der Waals surface area contributed by atoms with Crippen LogP contribution in [0.3, 0.4) is 0 Å². The van der Waals surface area contributed by atoms with E-state index in [9.17, 15) is 18.3 Å². The van der Waals surface area contributed by atoms with Gasteiger partial charge >= 0.3 is 5.97 Å². The van der Waals surface area contributed by atoms with E-state index in [2.05, 4.69) is 4.72 Å². The lowest BCUT2D eigenvalue weighted by atomic mass is 10.1. The van der Waals surface area contributed by atoms with E-state index in [1.165, 1.54) is 18.2 Å². The summed E-state index contributed by atoms with van der Waals surface area (Å²) in [5.74, 6) is -1.27. The molecular weight excluding hydrogens is 361 g/mol. The highest BCUT2D eigenvalue weighted by Crippen LogP contribution is 2.25. The molecule has 122 valence electrons. The Hall–Kier alpha value is -1.60. The Morgan fingerprint density at radius 3 is 2.30 bits per heavy atom. The minimum atomic E-state index is -4.04. The summed E-state index contributed by atoms with van der Waals surface area (Å²) in [7, 11) is -4.04. The summed E-state index contributed by atoms with van der Waals surface area (Å²) in [4.78, 5) is 11.2. The van der Waals surface area contributed by atoms with Crippen LogP contribution in [0.4, 0.5) is 0 Å². The van der Waals surface area contributed by atoms with E-state index < -0.39 is 22.0 Å². The summed E-state index contributed by atoms with van der Waals surface area (Å²) >= 11 is 11.6. The molecule has 0 aliphatic rings. The van der Waals surface area contributed by atoms with Gasteiger partial charge in [-0.25, -0.2) is 8.42 Å². The van der Waals surface area contributed by atoms with Crippen LogP contribution in [0.5, 0.6) is 0 Å². The van der Waals surface area contributed by atoms with Crippen LogP contribution in [0.1, 0.15) is 5.56 Å². The number of aliphatic carboxylic acids is 1. The molecule has 0 aliphatic carbocycles. The van der Waals surface area contributed by atoms with Crippen LogP contribution in [-0.2, 0) is 21.2 Å². The zero-order valence-electron chi connectivity index (χ0n) is 11.7. The fourth-order valence-corrected chi connectivity index (χ4v) is 3.51. The fourth-order valence-electron chi connectivity index (χ4n) is 1.93. The van der Waals surface area contributed by atoms with E-state index in [-0.39, 0.29) is 21.4 Å². The van der Waals surface area contributed by atoms with Gasteiger partial charge in [0.1, 0.15) is 6.04 Å². The Morgan fingerprint density at radius 2 is 1.74 bits per heavy atom. The van der Waals surface area contributed by atoms with Crippen molar-refractivity contribution in [1.82, 2.24) is 4.72 Å². The first-order valence-corrected chi connectivity index (χ1v) is 8.77. The molecule has 0 saturated carbocycles. The van der Waals surface area contributed by atoms with Crippen LogP contribution in [-0.4, -0.2) is 25.5 Å². The summed E-state index contributed by atoms with van der Waals surface area (Å²) in [5.41, 5.74) is 0.705. The van der Waals surface area contributed by atoms with Crippen LogP contribution in [0.25, 0.3) is 0 Å². The molecule has 0 saturated heterocycles. The molecule has 1 atom stereocenters. The van der Waals surface area contributed by atoms with E-state index in [0.717, 1.165) is 0 Å². The molecule has 0 spiro atoms. The Labute approximate surface area is 143 Å². The van der Waals surface area contributed by atoms with Crippen molar-refractivity contribution in [3.8, 4) is 0 Å². The van der Waals surface area contributed by atoms with Crippen molar-refractivity contribution in [2.24, 2.45) is 0 Å². The van der Waals surface area contributed by atoms with E-state index in [1.807, 2.05) is 0 Å². The second kappa shape index (κ2) is 7.31. The number of sulfonamides is 1. The third-order valence-electron chi connectivity index (χ3n) is 3.08. The monoisotopic (exact) mass is 373 g/mol. The number of carbonyl (C=O) groups is 1. The first kappa shape index (κ1) is 17.7. The Morgan fingerprint density at radius 1 is 1.09 bits per heavy atom. The van der Waals surface area contributed by atoms with Gasteiger partial charge in [-0.2, -0.15) is 4.72 Å². The molecule has 1 unspecified atom stereocenters. The molecular formula is C15H13Cl2NO4S. The molecule has 23 heavy (non-hydrogen) atoms. The van der Waals surface area contributed by atoms with Gasteiger partial charge in [-0.15, -0.1) is 0 Å². The number of carboxylic acids is 1. The summed E-state index contributed by atoms with van der Waals surface area (Å²) in [6.45, 7) is 0. The predicted octanol–water partition coefficient (Wildman–Crippen LogP) is 2.97. The van der Waals surface area contributed by atoms with E-state index >= 15 is 0 Å². The third kappa shape index (κ3) is 4.68. The van der Waals surface area contributed by atoms with Crippen LogP contribution < -0.4 is 4.72 Å². The zero-order valence-corrected chi connectivity index (χ0v) is 14.1. The highest BCUT2D eigenvalue weighted by molar-refractivity contribution is 7.89. The maximum absolute atomic E-state index is 12.3. The number of hydrogen-bond donors (Lipinski definition) is 2. The van der Waals surface area contributed by atoms with E-state index in [4.69, 9.17) is 23.2 Å². The van der Waals surface area contributed by atoms with E-state index in [0.29, 0.717) is 5.56 Å². The SMILES string of the molecule is O=C(O)C(Cc1ccccc1)NS(=O)(=O)c1ccc(Cl)c(Cl)c1. The largest absolute Gasteiger partial charge is 0.480 e. The Balaban J connectivity index is 2.24. The van der Waals surface area contributed by atoms with Gasteiger partial charge in [-0.1, -0.05) is 53.5 Å². The van der Waals surface area contributed by atoms with Crippen LogP contribution >= 0.6 is 23.2 Å². The summed E-state index contributed by atoms with van der Waals surface area (Å²) in [5, 5.41) is 9.56. The minimum absolute atomic E-state index is 0.0245. The van der Waals surface area contributed by atoms with Crippen molar-refractivity contribution in [3.05, 3.63) is 64.1 Å². The quantitative estimate of drug-likeness (QED) is 0.814. The normalized spacial score (nSPS) is 12.8. The molecule has 2 rings (SSSR count). The molecule has 0 bridgehead atoms. The van der Waals surface area contributed by atoms with E-state index in [1.54, 1.807) is 30.3 Å². The van der Waals surface area contributed by atoms with Gasteiger partial charge in [-0.05, 0) is 30.2 Å². The minimum Gasteiger partial charge on any atom is -0.480 e. The number of hydrogen-bond acceptors (Lipinski definition) is 3. The van der Waals surface area contributed by atoms with Gasteiger partial charge in [0.2, 0.25) is 10.0 Å². The van der Waals surface area contributed by atoms with Crippen molar-refractivity contribution in [1.29, 1.82) is 0 Å². The first-order valence-electron chi connectivity index (χ1n) is 6.54. The molecule has 0 radical (unpaired) electrons. The second-order valence-electron chi connectivity index (χ2n) is 4.78. The number of halogens is 2. The number of nitrogens with one attached hydrogen (secondary N) is 1. The smallest absolute Gasteiger partial charge is 0.322 e. The van der Waals surface area contributed by atoms with Gasteiger partial charge in [0.15, 0.2) is 0 Å². The fraction of sp³-hybridized carbons (Fsp3) is 0.133. The Kier molecular flexibility index (Phi) is 5.64. The molecule has 0 heterocycles. The molecule has 2 aromatic carbocycles. The summed E-state index contributed by atoms with van der Waals surface area (Å²) in [6.07, 6.45) is 0.0245. The topological polar surface area (TPSA) is 83.5 Å². The molecule has 2 N–H and O–H groups in total. The average molecular weight is 374 g/mol. The molecule has 0 aliphatic heterocycles. The number of carboxylic acid groups (broad SMARTS) is 1. The van der Waals surface area contributed by atoms with Crippen molar-refractivity contribution >= 4 is 39.2 Å². The number of rotatable bonds is 6. The zero-order chi connectivity index (χ0) is 17.0. The van der Waals surface area contributed by atoms with Crippen molar-refractivity contribution in [3.63, 3.8) is 0 Å². The maximum Gasteiger partial charge on any atom is 0.322 e. The van der Waals surface area contributed by atoms with Crippen molar-refractivity contribution in [2.75, 3.05) is 0 Å². The molecule has 2 aromatic rings. The van der Waals surface area contributed by atoms with Crippen molar-refractivity contribution in [2.45, 2.75) is 17.4 Å². The summed E-state index contributed by atoms with van der Waals surface area (Å²) in [6, 6.07) is 11.2. The standard InChI is InChI=1S/C15H13Cl2NO4S/c16-12-7-6-11(9-13(12)17)23(21,22)18-14(15(19)20)8-10-4-2-1-3-5-10/h1-7,9,14,18H,8H2,(H,19,20). The lowest BCUT2D eigenvalue weighted by Gasteiger charge is -2.15. The maximum atomic E-state index is 12.3. The first-order chi connectivity index (χ1) is 10.8. The van der Waals surface area contributed by atoms with Crippen molar-refractivity contribution < 1.29 is 18.3 Å². The third-order valence-corrected chi connectivity index (χ3v) is 5.29. The molecule has 5 nitrogen and oxygen atoms in total. The molecule has 8 heteroatoms. The highest BCUT2D eigenvalue weighted by atomic mass is 35.5. The molecule has 0 fully saturated rings. The highest BCUT2D eigenvalue weighted by Gasteiger charge is 2.26. The lowest BCUT2D eigenvalue weighted by molar-refractivity contribution is -0.138. The van der Waals surface area contributed by atoms with Gasteiger partial charge in [0, 0.05) is 0 Å². The number of benzene rings is 2. The van der Waals surface area contributed by atoms with Crippen LogP contribution in [0, 0.1) is 0 Å². The van der Waals surface area contributed by atoms with Gasteiger partial charge in [0.05, 0.1) is 14.9 Å². The average Bonchev–Trinajstić information content (AvgIpc) is 2.50. The van der Waals surface area contributed by atoms with Gasteiger partial charge < -0.3 is 5.11 Å². The molecule has 0 amide bonds.